The predicted octanol–water partition coefficient (Wildman–Crippen LogP) is 3.25. The molecule has 17 heavy (non-hydrogen) atoms. The molecule has 1 saturated carbocycles. The van der Waals surface area contributed by atoms with Crippen LogP contribution < -0.4 is 10.5 Å². The lowest BCUT2D eigenvalue weighted by Gasteiger charge is -2.38. The van der Waals surface area contributed by atoms with Gasteiger partial charge in [-0.25, -0.2) is 0 Å². The highest BCUT2D eigenvalue weighted by Gasteiger charge is 2.35. The molecule has 0 unspecified atom stereocenters. The molecule has 0 bridgehead atoms. The highest BCUT2D eigenvalue weighted by atomic mass is 16.5. The van der Waals surface area contributed by atoms with Gasteiger partial charge in [0.1, 0.15) is 5.75 Å². The highest BCUT2D eigenvalue weighted by Crippen LogP contribution is 2.45. The van der Waals surface area contributed by atoms with E-state index in [1.807, 2.05) is 6.07 Å². The number of methoxy groups -OCH3 is 1. The van der Waals surface area contributed by atoms with Crippen LogP contribution >= 0.6 is 0 Å². The van der Waals surface area contributed by atoms with Gasteiger partial charge in [0.15, 0.2) is 0 Å². The highest BCUT2D eigenvalue weighted by molar-refractivity contribution is 5.40. The quantitative estimate of drug-likeness (QED) is 0.866. The minimum Gasteiger partial charge on any atom is -0.496 e. The van der Waals surface area contributed by atoms with E-state index in [1.54, 1.807) is 7.11 Å². The Labute approximate surface area is 104 Å². The molecule has 2 rings (SSSR count). The van der Waals surface area contributed by atoms with E-state index in [0.717, 1.165) is 18.7 Å². The molecular weight excluding hydrogens is 210 g/mol. The van der Waals surface area contributed by atoms with Crippen LogP contribution in [-0.2, 0) is 5.41 Å². The second kappa shape index (κ2) is 5.54. The second-order valence-electron chi connectivity index (χ2n) is 5.08. The van der Waals surface area contributed by atoms with Crippen LogP contribution in [-0.4, -0.2) is 13.7 Å². The van der Waals surface area contributed by atoms with Crippen LogP contribution in [0, 0.1) is 0 Å². The van der Waals surface area contributed by atoms with Crippen LogP contribution in [0.3, 0.4) is 0 Å². The minimum atomic E-state index is 0.263. The SMILES string of the molecule is COc1ccccc1C1(CCN)CCCCC1. The first-order chi connectivity index (χ1) is 8.32. The van der Waals surface area contributed by atoms with Crippen molar-refractivity contribution in [2.24, 2.45) is 5.73 Å². The molecule has 0 heterocycles. The Morgan fingerprint density at radius 1 is 1.18 bits per heavy atom. The van der Waals surface area contributed by atoms with E-state index in [4.69, 9.17) is 10.5 Å². The largest absolute Gasteiger partial charge is 0.496 e. The maximum atomic E-state index is 5.83. The van der Waals surface area contributed by atoms with Gasteiger partial charge in [-0.3, -0.25) is 0 Å². The van der Waals surface area contributed by atoms with Crippen LogP contribution in [0.2, 0.25) is 0 Å². The lowest BCUT2D eigenvalue weighted by Crippen LogP contribution is -2.32. The van der Waals surface area contributed by atoms with Gasteiger partial charge in [0, 0.05) is 11.0 Å². The standard InChI is InChI=1S/C15H23NO/c1-17-14-8-4-3-7-13(14)15(11-12-16)9-5-2-6-10-15/h3-4,7-8H,2,5-6,9-12,16H2,1H3. The fraction of sp³-hybridized carbons (Fsp3) is 0.600. The van der Waals surface area contributed by atoms with Crippen molar-refractivity contribution in [1.29, 1.82) is 0 Å². The molecule has 1 aliphatic rings. The van der Waals surface area contributed by atoms with Crippen LogP contribution in [0.5, 0.6) is 5.75 Å². The van der Waals surface area contributed by atoms with E-state index in [2.05, 4.69) is 18.2 Å². The third kappa shape index (κ3) is 2.47. The number of para-hydroxylation sites is 1. The zero-order chi connectivity index (χ0) is 12.1. The van der Waals surface area contributed by atoms with Crippen molar-refractivity contribution < 1.29 is 4.74 Å². The van der Waals surface area contributed by atoms with Gasteiger partial charge in [0.2, 0.25) is 0 Å². The summed E-state index contributed by atoms with van der Waals surface area (Å²) in [5, 5.41) is 0. The molecule has 1 aromatic rings. The molecule has 1 fully saturated rings. The van der Waals surface area contributed by atoms with Crippen LogP contribution in [0.25, 0.3) is 0 Å². The van der Waals surface area contributed by atoms with E-state index >= 15 is 0 Å². The van der Waals surface area contributed by atoms with E-state index in [1.165, 1.54) is 37.7 Å². The fourth-order valence-corrected chi connectivity index (χ4v) is 3.24. The summed E-state index contributed by atoms with van der Waals surface area (Å²) in [5.74, 6) is 1.03. The van der Waals surface area contributed by atoms with Gasteiger partial charge in [0.25, 0.3) is 0 Å². The zero-order valence-corrected chi connectivity index (χ0v) is 10.7. The molecule has 94 valence electrons. The summed E-state index contributed by atoms with van der Waals surface area (Å²) in [6.07, 6.45) is 7.58. The van der Waals surface area contributed by atoms with Crippen molar-refractivity contribution in [2.45, 2.75) is 43.9 Å². The molecule has 0 aromatic heterocycles. The summed E-state index contributed by atoms with van der Waals surface area (Å²) in [7, 11) is 1.76. The molecular formula is C15H23NO. The van der Waals surface area contributed by atoms with Crippen LogP contribution in [0.4, 0.5) is 0 Å². The minimum absolute atomic E-state index is 0.263. The predicted molar refractivity (Wildman–Crippen MR) is 71.4 cm³/mol. The summed E-state index contributed by atoms with van der Waals surface area (Å²) < 4.78 is 5.53. The Bertz CT molecular complexity index is 350. The summed E-state index contributed by atoms with van der Waals surface area (Å²) in [6.45, 7) is 0.762. The molecule has 0 radical (unpaired) electrons. The Kier molecular flexibility index (Phi) is 4.06. The number of nitrogens with two attached hydrogens (primary N) is 1. The molecule has 1 aromatic carbocycles. The van der Waals surface area contributed by atoms with Gasteiger partial charge in [-0.15, -0.1) is 0 Å². The Morgan fingerprint density at radius 3 is 2.53 bits per heavy atom. The zero-order valence-electron chi connectivity index (χ0n) is 10.7. The van der Waals surface area contributed by atoms with Gasteiger partial charge < -0.3 is 10.5 Å². The number of rotatable bonds is 4. The molecule has 0 aliphatic heterocycles. The monoisotopic (exact) mass is 233 g/mol. The molecule has 0 spiro atoms. The van der Waals surface area contributed by atoms with Crippen molar-refractivity contribution in [2.75, 3.05) is 13.7 Å². The smallest absolute Gasteiger partial charge is 0.122 e. The van der Waals surface area contributed by atoms with Gasteiger partial charge in [-0.05, 0) is 31.9 Å². The maximum absolute atomic E-state index is 5.83. The summed E-state index contributed by atoms with van der Waals surface area (Å²) >= 11 is 0. The molecule has 2 N–H and O–H groups in total. The van der Waals surface area contributed by atoms with Crippen molar-refractivity contribution in [3.05, 3.63) is 29.8 Å². The molecule has 1 aliphatic carbocycles. The maximum Gasteiger partial charge on any atom is 0.122 e. The summed E-state index contributed by atoms with van der Waals surface area (Å²) in [5.41, 5.74) is 7.46. The first kappa shape index (κ1) is 12.4. The number of hydrogen-bond acceptors (Lipinski definition) is 2. The number of hydrogen-bond donors (Lipinski definition) is 1. The van der Waals surface area contributed by atoms with Crippen LogP contribution in [0.1, 0.15) is 44.1 Å². The first-order valence-corrected chi connectivity index (χ1v) is 6.66. The van der Waals surface area contributed by atoms with Gasteiger partial charge in [-0.1, -0.05) is 37.5 Å². The lowest BCUT2D eigenvalue weighted by atomic mass is 9.67. The van der Waals surface area contributed by atoms with Crippen molar-refractivity contribution in [1.82, 2.24) is 0 Å². The Hall–Kier alpha value is -1.02. The van der Waals surface area contributed by atoms with E-state index in [0.29, 0.717) is 0 Å². The topological polar surface area (TPSA) is 35.2 Å². The molecule has 0 atom stereocenters. The Balaban J connectivity index is 2.37. The van der Waals surface area contributed by atoms with E-state index in [-0.39, 0.29) is 5.41 Å². The third-order valence-corrected chi connectivity index (χ3v) is 4.11. The van der Waals surface area contributed by atoms with Crippen molar-refractivity contribution in [3.8, 4) is 5.75 Å². The van der Waals surface area contributed by atoms with Gasteiger partial charge in [0.05, 0.1) is 7.11 Å². The van der Waals surface area contributed by atoms with Crippen molar-refractivity contribution in [3.63, 3.8) is 0 Å². The molecule has 2 nitrogen and oxygen atoms in total. The average Bonchev–Trinajstić information content (AvgIpc) is 2.40. The first-order valence-electron chi connectivity index (χ1n) is 6.66. The number of ether oxygens (including phenoxy) is 1. The van der Waals surface area contributed by atoms with Gasteiger partial charge in [-0.2, -0.15) is 0 Å². The van der Waals surface area contributed by atoms with Gasteiger partial charge >= 0.3 is 0 Å². The van der Waals surface area contributed by atoms with Crippen molar-refractivity contribution >= 4 is 0 Å². The number of benzene rings is 1. The molecule has 0 amide bonds. The molecule has 2 heteroatoms. The van der Waals surface area contributed by atoms with E-state index in [9.17, 15) is 0 Å². The van der Waals surface area contributed by atoms with Crippen LogP contribution in [0.15, 0.2) is 24.3 Å². The Morgan fingerprint density at radius 2 is 1.88 bits per heavy atom. The summed E-state index contributed by atoms with van der Waals surface area (Å²) in [4.78, 5) is 0. The third-order valence-electron chi connectivity index (χ3n) is 4.11. The molecule has 0 saturated heterocycles. The summed E-state index contributed by atoms with van der Waals surface area (Å²) in [6, 6.07) is 8.45. The second-order valence-corrected chi connectivity index (χ2v) is 5.08. The average molecular weight is 233 g/mol. The fourth-order valence-electron chi connectivity index (χ4n) is 3.24. The normalized spacial score (nSPS) is 18.9. The lowest BCUT2D eigenvalue weighted by molar-refractivity contribution is 0.267. The van der Waals surface area contributed by atoms with E-state index < -0.39 is 0 Å².